The van der Waals surface area contributed by atoms with Gasteiger partial charge in [0.15, 0.2) is 23.0 Å². The van der Waals surface area contributed by atoms with Gasteiger partial charge in [0.2, 0.25) is 5.91 Å². The summed E-state index contributed by atoms with van der Waals surface area (Å²) in [6.07, 6.45) is 0. The maximum absolute atomic E-state index is 13.5. The molecule has 8 heteroatoms. The summed E-state index contributed by atoms with van der Waals surface area (Å²) in [5.41, 5.74) is 0.0906. The number of ether oxygens (including phenoxy) is 1. The largest absolute Gasteiger partial charge is 0.482 e. The predicted molar refractivity (Wildman–Crippen MR) is 80.5 cm³/mol. The number of carbonyl (C=O) groups is 2. The molecular formula is C16H16FN3O4. The zero-order valence-electron chi connectivity index (χ0n) is 13.1. The van der Waals surface area contributed by atoms with Crippen LogP contribution in [0.4, 0.5) is 4.39 Å². The lowest BCUT2D eigenvalue weighted by molar-refractivity contribution is -0.126. The Hall–Kier alpha value is -2.90. The molecule has 0 radical (unpaired) electrons. The summed E-state index contributed by atoms with van der Waals surface area (Å²) in [6.45, 7) is 2.60. The van der Waals surface area contributed by atoms with Crippen molar-refractivity contribution < 1.29 is 23.2 Å². The highest BCUT2D eigenvalue weighted by Gasteiger charge is 2.31. The van der Waals surface area contributed by atoms with Gasteiger partial charge in [-0.1, -0.05) is 17.3 Å². The first-order valence-electron chi connectivity index (χ1n) is 7.48. The Morgan fingerprint density at radius 2 is 2.21 bits per heavy atom. The van der Waals surface area contributed by atoms with Gasteiger partial charge >= 0.3 is 0 Å². The Bertz CT molecular complexity index is 761. The molecule has 126 valence electrons. The molecule has 0 bridgehead atoms. The normalized spacial score (nSPS) is 14.3. The molecule has 1 aliphatic heterocycles. The minimum atomic E-state index is -0.483. The Morgan fingerprint density at radius 3 is 2.92 bits per heavy atom. The van der Waals surface area contributed by atoms with Crippen molar-refractivity contribution in [1.82, 2.24) is 15.0 Å². The van der Waals surface area contributed by atoms with Crippen LogP contribution in [0.2, 0.25) is 0 Å². The first-order chi connectivity index (χ1) is 11.6. The van der Waals surface area contributed by atoms with Crippen LogP contribution in [0.15, 0.2) is 34.9 Å². The van der Waals surface area contributed by atoms with E-state index in [1.165, 1.54) is 23.1 Å². The van der Waals surface area contributed by atoms with Gasteiger partial charge in [-0.2, -0.15) is 0 Å². The average Bonchev–Trinajstić information content (AvgIpc) is 3.20. The maximum Gasteiger partial charge on any atom is 0.277 e. The number of para-hydroxylation sites is 1. The van der Waals surface area contributed by atoms with Gasteiger partial charge in [-0.25, -0.2) is 4.39 Å². The smallest absolute Gasteiger partial charge is 0.277 e. The number of rotatable bonds is 5. The molecule has 0 aliphatic carbocycles. The van der Waals surface area contributed by atoms with Crippen LogP contribution in [0, 0.1) is 5.82 Å². The van der Waals surface area contributed by atoms with E-state index in [0.29, 0.717) is 12.3 Å². The van der Waals surface area contributed by atoms with Gasteiger partial charge in [0.1, 0.15) is 13.2 Å². The lowest BCUT2D eigenvalue weighted by Gasteiger charge is -2.14. The summed E-state index contributed by atoms with van der Waals surface area (Å²) >= 11 is 0. The van der Waals surface area contributed by atoms with E-state index in [2.05, 4.69) is 5.16 Å². The minimum absolute atomic E-state index is 0.0284. The van der Waals surface area contributed by atoms with Gasteiger partial charge in [0.05, 0.1) is 6.67 Å². The molecule has 0 saturated carbocycles. The molecule has 2 amide bonds. The molecule has 1 saturated heterocycles. The maximum atomic E-state index is 13.5. The van der Waals surface area contributed by atoms with Crippen molar-refractivity contribution in [2.45, 2.75) is 13.5 Å². The molecule has 1 fully saturated rings. The topological polar surface area (TPSA) is 75.9 Å². The van der Waals surface area contributed by atoms with Crippen molar-refractivity contribution in [2.24, 2.45) is 0 Å². The first-order valence-corrected chi connectivity index (χ1v) is 7.48. The SMILES string of the molecule is CCN1CN(C(=O)c2cc(COc3ccccc3F)on2)CC1=O. The van der Waals surface area contributed by atoms with E-state index in [1.54, 1.807) is 17.0 Å². The minimum Gasteiger partial charge on any atom is -0.482 e. The van der Waals surface area contributed by atoms with Crippen LogP contribution in [0.3, 0.4) is 0 Å². The fourth-order valence-electron chi connectivity index (χ4n) is 2.37. The molecule has 0 atom stereocenters. The van der Waals surface area contributed by atoms with Crippen molar-refractivity contribution in [3.8, 4) is 5.75 Å². The van der Waals surface area contributed by atoms with E-state index < -0.39 is 5.82 Å². The number of amides is 2. The van der Waals surface area contributed by atoms with Crippen LogP contribution in [0.25, 0.3) is 0 Å². The van der Waals surface area contributed by atoms with Crippen molar-refractivity contribution in [3.63, 3.8) is 0 Å². The summed E-state index contributed by atoms with van der Waals surface area (Å²) in [6, 6.07) is 7.42. The van der Waals surface area contributed by atoms with Crippen molar-refractivity contribution in [1.29, 1.82) is 0 Å². The molecule has 1 aliphatic rings. The van der Waals surface area contributed by atoms with Gasteiger partial charge in [-0.05, 0) is 19.1 Å². The number of nitrogens with zero attached hydrogens (tertiary/aromatic N) is 3. The number of hydrogen-bond donors (Lipinski definition) is 0. The molecule has 24 heavy (non-hydrogen) atoms. The van der Waals surface area contributed by atoms with E-state index in [-0.39, 0.29) is 43.1 Å². The van der Waals surface area contributed by atoms with Gasteiger partial charge in [-0.3, -0.25) is 9.59 Å². The average molecular weight is 333 g/mol. The molecule has 0 spiro atoms. The van der Waals surface area contributed by atoms with Crippen LogP contribution < -0.4 is 4.74 Å². The molecule has 2 heterocycles. The third kappa shape index (κ3) is 3.22. The fraction of sp³-hybridized carbons (Fsp3) is 0.312. The Morgan fingerprint density at radius 1 is 1.42 bits per heavy atom. The zero-order valence-corrected chi connectivity index (χ0v) is 13.1. The highest BCUT2D eigenvalue weighted by molar-refractivity contribution is 5.96. The van der Waals surface area contributed by atoms with Crippen LogP contribution in [0.5, 0.6) is 5.75 Å². The van der Waals surface area contributed by atoms with E-state index >= 15 is 0 Å². The predicted octanol–water partition coefficient (Wildman–Crippen LogP) is 1.65. The van der Waals surface area contributed by atoms with Gasteiger partial charge in [0, 0.05) is 12.6 Å². The monoisotopic (exact) mass is 333 g/mol. The lowest BCUT2D eigenvalue weighted by Crippen LogP contribution is -2.31. The fourth-order valence-corrected chi connectivity index (χ4v) is 2.37. The highest BCUT2D eigenvalue weighted by atomic mass is 19.1. The van der Waals surface area contributed by atoms with Crippen molar-refractivity contribution >= 4 is 11.8 Å². The van der Waals surface area contributed by atoms with E-state index in [9.17, 15) is 14.0 Å². The molecule has 3 rings (SSSR count). The molecule has 1 aromatic heterocycles. The standard InChI is InChI=1S/C16H16FN3O4/c1-2-19-10-20(8-15(19)21)16(22)13-7-11(24-18-13)9-23-14-6-4-3-5-12(14)17/h3-7H,2,8-10H2,1H3. The van der Waals surface area contributed by atoms with E-state index in [0.717, 1.165) is 0 Å². The number of carbonyl (C=O) groups excluding carboxylic acids is 2. The van der Waals surface area contributed by atoms with Crippen LogP contribution in [-0.4, -0.2) is 46.5 Å². The molecule has 0 N–H and O–H groups in total. The Balaban J connectivity index is 1.62. The number of benzene rings is 1. The van der Waals surface area contributed by atoms with Crippen molar-refractivity contribution in [3.05, 3.63) is 47.6 Å². The second-order valence-electron chi connectivity index (χ2n) is 5.29. The molecule has 0 unspecified atom stereocenters. The van der Waals surface area contributed by atoms with Crippen molar-refractivity contribution in [2.75, 3.05) is 19.8 Å². The molecule has 2 aromatic rings. The van der Waals surface area contributed by atoms with E-state index in [4.69, 9.17) is 9.26 Å². The van der Waals surface area contributed by atoms with Gasteiger partial charge < -0.3 is 19.1 Å². The summed E-state index contributed by atoms with van der Waals surface area (Å²) in [4.78, 5) is 27.0. The van der Waals surface area contributed by atoms with Crippen LogP contribution in [-0.2, 0) is 11.4 Å². The third-order valence-corrected chi connectivity index (χ3v) is 3.67. The summed E-state index contributed by atoms with van der Waals surface area (Å²) < 4.78 is 23.8. The van der Waals surface area contributed by atoms with E-state index in [1.807, 2.05) is 6.92 Å². The number of halogens is 1. The Labute approximate surface area is 137 Å². The second-order valence-corrected chi connectivity index (χ2v) is 5.29. The Kier molecular flexibility index (Phi) is 4.45. The summed E-state index contributed by atoms with van der Waals surface area (Å²) in [7, 11) is 0. The van der Waals surface area contributed by atoms with Gasteiger partial charge in [-0.15, -0.1) is 0 Å². The lowest BCUT2D eigenvalue weighted by atomic mass is 10.3. The third-order valence-electron chi connectivity index (χ3n) is 3.67. The zero-order chi connectivity index (χ0) is 17.1. The molecule has 1 aromatic carbocycles. The van der Waals surface area contributed by atoms with Crippen LogP contribution >= 0.6 is 0 Å². The second kappa shape index (κ2) is 6.69. The van der Waals surface area contributed by atoms with Gasteiger partial charge in [0.25, 0.3) is 5.91 Å². The molecular weight excluding hydrogens is 317 g/mol. The summed E-state index contributed by atoms with van der Waals surface area (Å²) in [5.74, 6) is -0.592. The first kappa shape index (κ1) is 16.0. The number of likely N-dealkylation sites (N-methyl/N-ethyl adjacent to an activating group) is 1. The highest BCUT2D eigenvalue weighted by Crippen LogP contribution is 2.18. The number of hydrogen-bond acceptors (Lipinski definition) is 5. The number of aromatic nitrogens is 1. The quantitative estimate of drug-likeness (QED) is 0.832. The van der Waals surface area contributed by atoms with Crippen LogP contribution in [0.1, 0.15) is 23.2 Å². The summed E-state index contributed by atoms with van der Waals surface area (Å²) in [5, 5.41) is 3.70. The molecule has 7 nitrogen and oxygen atoms in total.